The molecule has 4 N–H and O–H groups in total. The molecule has 0 spiro atoms. The van der Waals surface area contributed by atoms with Crippen LogP contribution in [0.2, 0.25) is 0 Å². The number of benzene rings is 1. The number of nitrogens with zero attached hydrogens (tertiary/aromatic N) is 3. The number of rotatable bonds is 17. The van der Waals surface area contributed by atoms with Crippen LogP contribution in [-0.4, -0.2) is 73.0 Å². The molecule has 10 nitrogen and oxygen atoms in total. The van der Waals surface area contributed by atoms with Gasteiger partial charge >= 0.3 is 0 Å². The summed E-state index contributed by atoms with van der Waals surface area (Å²) in [5, 5.41) is 12.8. The van der Waals surface area contributed by atoms with E-state index >= 15 is 0 Å². The Morgan fingerprint density at radius 1 is 0.857 bits per heavy atom. The number of hydrogen-bond donors (Lipinski definition) is 4. The largest absolute Gasteiger partial charge is 0.377 e. The summed E-state index contributed by atoms with van der Waals surface area (Å²) in [4.78, 5) is 25.5. The zero-order valence-corrected chi connectivity index (χ0v) is 20.7. The van der Waals surface area contributed by atoms with Gasteiger partial charge in [0.25, 0.3) is 5.91 Å². The van der Waals surface area contributed by atoms with Crippen molar-refractivity contribution in [3.8, 4) is 0 Å². The van der Waals surface area contributed by atoms with E-state index in [2.05, 4.69) is 43.1 Å². The van der Waals surface area contributed by atoms with Crippen molar-refractivity contribution >= 4 is 23.8 Å². The van der Waals surface area contributed by atoms with Crippen LogP contribution >= 0.6 is 0 Å². The fourth-order valence-electron chi connectivity index (χ4n) is 3.71. The molecule has 35 heavy (non-hydrogen) atoms. The molecule has 1 saturated carbocycles. The van der Waals surface area contributed by atoms with Gasteiger partial charge in [-0.05, 0) is 31.4 Å². The summed E-state index contributed by atoms with van der Waals surface area (Å²) in [6, 6.07) is 9.57. The molecule has 1 aliphatic carbocycles. The van der Waals surface area contributed by atoms with Gasteiger partial charge in [-0.1, -0.05) is 44.4 Å². The molecule has 1 amide bonds. The molecule has 2 aromatic rings. The molecule has 0 aliphatic heterocycles. The predicted molar refractivity (Wildman–Crippen MR) is 138 cm³/mol. The molecule has 0 bridgehead atoms. The minimum Gasteiger partial charge on any atom is -0.377 e. The van der Waals surface area contributed by atoms with Crippen LogP contribution in [0.1, 0.15) is 55.8 Å². The average molecular weight is 486 g/mol. The molecule has 0 unspecified atom stereocenters. The lowest BCUT2D eigenvalue weighted by molar-refractivity contribution is 0.0519. The van der Waals surface area contributed by atoms with Crippen molar-refractivity contribution in [3.05, 3.63) is 35.9 Å². The van der Waals surface area contributed by atoms with Crippen molar-refractivity contribution in [2.75, 3.05) is 62.0 Å². The molecule has 0 atom stereocenters. The van der Waals surface area contributed by atoms with E-state index in [0.717, 1.165) is 32.2 Å². The monoisotopic (exact) mass is 485 g/mol. The van der Waals surface area contributed by atoms with E-state index < -0.39 is 0 Å². The summed E-state index contributed by atoms with van der Waals surface area (Å²) < 4.78 is 11.1. The number of carbonyl (C=O) groups is 1. The van der Waals surface area contributed by atoms with Crippen LogP contribution in [0.25, 0.3) is 0 Å². The highest BCUT2D eigenvalue weighted by Crippen LogP contribution is 2.21. The summed E-state index contributed by atoms with van der Waals surface area (Å²) in [5.74, 6) is 1.64. The third-order valence-corrected chi connectivity index (χ3v) is 5.61. The van der Waals surface area contributed by atoms with E-state index in [1.54, 1.807) is 12.1 Å². The van der Waals surface area contributed by atoms with Gasteiger partial charge in [-0.3, -0.25) is 4.79 Å². The fraction of sp³-hybridized carbons (Fsp3) is 0.600. The Hall–Kier alpha value is -2.98. The van der Waals surface area contributed by atoms with Crippen molar-refractivity contribution in [1.29, 1.82) is 0 Å². The van der Waals surface area contributed by atoms with Gasteiger partial charge in [-0.25, -0.2) is 0 Å². The van der Waals surface area contributed by atoms with E-state index in [1.165, 1.54) is 12.8 Å². The average Bonchev–Trinajstić information content (AvgIpc) is 3.38. The number of unbranched alkanes of at least 4 members (excludes halogenated alkanes) is 1. The maximum absolute atomic E-state index is 11.9. The van der Waals surface area contributed by atoms with Gasteiger partial charge in [-0.15, -0.1) is 0 Å². The molecule has 10 heteroatoms. The Bertz CT molecular complexity index is 863. The molecule has 1 aromatic carbocycles. The summed E-state index contributed by atoms with van der Waals surface area (Å²) in [7, 11) is 0. The van der Waals surface area contributed by atoms with Gasteiger partial charge in [-0.2, -0.15) is 15.0 Å². The minimum absolute atomic E-state index is 0.0971. The standard InChI is InChI=1S/C25H39N7O3/c1-2-3-13-27-23-30-24(32-25(31-23)29-21-11-7-8-12-21)28-15-17-35-19-18-34-16-14-26-22(33)20-9-5-4-6-10-20/h4-6,9-10,21H,2-3,7-8,11-19H2,1H3,(H,26,33)(H3,27,28,29,30,31,32). The highest BCUT2D eigenvalue weighted by Gasteiger charge is 2.16. The number of anilines is 3. The normalized spacial score (nSPS) is 13.5. The Balaban J connectivity index is 1.28. The summed E-state index contributed by atoms with van der Waals surface area (Å²) in [6.07, 6.45) is 6.98. The molecule has 0 radical (unpaired) electrons. The Kier molecular flexibility index (Phi) is 12.0. The van der Waals surface area contributed by atoms with Crippen LogP contribution in [-0.2, 0) is 9.47 Å². The summed E-state index contributed by atoms with van der Waals surface area (Å²) in [6.45, 7) is 5.91. The molecular formula is C25H39N7O3. The Morgan fingerprint density at radius 2 is 1.49 bits per heavy atom. The smallest absolute Gasteiger partial charge is 0.251 e. The maximum Gasteiger partial charge on any atom is 0.251 e. The fourth-order valence-corrected chi connectivity index (χ4v) is 3.71. The second-order valence-electron chi connectivity index (χ2n) is 8.49. The number of aromatic nitrogens is 3. The van der Waals surface area contributed by atoms with Crippen molar-refractivity contribution in [1.82, 2.24) is 20.3 Å². The zero-order valence-electron chi connectivity index (χ0n) is 20.7. The van der Waals surface area contributed by atoms with Crippen LogP contribution in [0, 0.1) is 0 Å². The van der Waals surface area contributed by atoms with Gasteiger partial charge in [0.15, 0.2) is 0 Å². The lowest BCUT2D eigenvalue weighted by Crippen LogP contribution is -2.27. The van der Waals surface area contributed by atoms with Crippen LogP contribution in [0.3, 0.4) is 0 Å². The first-order valence-corrected chi connectivity index (χ1v) is 12.7. The first-order chi connectivity index (χ1) is 17.2. The van der Waals surface area contributed by atoms with Crippen molar-refractivity contribution in [3.63, 3.8) is 0 Å². The first-order valence-electron chi connectivity index (χ1n) is 12.7. The zero-order chi connectivity index (χ0) is 24.6. The molecule has 1 heterocycles. The number of ether oxygens (including phenoxy) is 2. The predicted octanol–water partition coefficient (Wildman–Crippen LogP) is 3.31. The summed E-state index contributed by atoms with van der Waals surface area (Å²) in [5.41, 5.74) is 0.645. The highest BCUT2D eigenvalue weighted by atomic mass is 16.5. The van der Waals surface area contributed by atoms with Crippen molar-refractivity contribution < 1.29 is 14.3 Å². The number of carbonyl (C=O) groups excluding carboxylic acids is 1. The lowest BCUT2D eigenvalue weighted by Gasteiger charge is -2.14. The molecule has 1 aromatic heterocycles. The Morgan fingerprint density at radius 3 is 2.17 bits per heavy atom. The first kappa shape index (κ1) is 26.6. The SMILES string of the molecule is CCCCNc1nc(NCCOCCOCCNC(=O)c2ccccc2)nc(NC2CCCC2)n1. The van der Waals surface area contributed by atoms with Crippen molar-refractivity contribution in [2.45, 2.75) is 51.5 Å². The second-order valence-corrected chi connectivity index (χ2v) is 8.49. The van der Waals surface area contributed by atoms with Gasteiger partial charge < -0.3 is 30.7 Å². The van der Waals surface area contributed by atoms with Gasteiger partial charge in [0, 0.05) is 31.2 Å². The molecule has 1 aliphatic rings. The van der Waals surface area contributed by atoms with Crippen LogP contribution < -0.4 is 21.3 Å². The minimum atomic E-state index is -0.0971. The molecule has 0 saturated heterocycles. The van der Waals surface area contributed by atoms with Crippen molar-refractivity contribution in [2.24, 2.45) is 0 Å². The molecule has 3 rings (SSSR count). The molecule has 1 fully saturated rings. The molecular weight excluding hydrogens is 446 g/mol. The van der Waals surface area contributed by atoms with Crippen LogP contribution in [0.15, 0.2) is 30.3 Å². The van der Waals surface area contributed by atoms with E-state index in [-0.39, 0.29) is 5.91 Å². The quantitative estimate of drug-likeness (QED) is 0.250. The van der Waals surface area contributed by atoms with Gasteiger partial charge in [0.2, 0.25) is 17.8 Å². The van der Waals surface area contributed by atoms with Crippen LogP contribution in [0.5, 0.6) is 0 Å². The molecule has 192 valence electrons. The highest BCUT2D eigenvalue weighted by molar-refractivity contribution is 5.94. The van der Waals surface area contributed by atoms with Gasteiger partial charge in [0.1, 0.15) is 0 Å². The van der Waals surface area contributed by atoms with Gasteiger partial charge in [0.05, 0.1) is 26.4 Å². The number of amides is 1. The number of nitrogens with one attached hydrogen (secondary N) is 4. The van der Waals surface area contributed by atoms with Crippen LogP contribution in [0.4, 0.5) is 17.8 Å². The van der Waals surface area contributed by atoms with E-state index in [0.29, 0.717) is 69.0 Å². The van der Waals surface area contributed by atoms with E-state index in [1.807, 2.05) is 18.2 Å². The maximum atomic E-state index is 11.9. The number of hydrogen-bond acceptors (Lipinski definition) is 9. The third-order valence-electron chi connectivity index (χ3n) is 5.61. The van der Waals surface area contributed by atoms with E-state index in [4.69, 9.17) is 9.47 Å². The Labute approximate surface area is 208 Å². The third kappa shape index (κ3) is 10.4. The van der Waals surface area contributed by atoms with E-state index in [9.17, 15) is 4.79 Å². The summed E-state index contributed by atoms with van der Waals surface area (Å²) >= 11 is 0. The second kappa shape index (κ2) is 15.8. The topological polar surface area (TPSA) is 122 Å². The lowest BCUT2D eigenvalue weighted by atomic mass is 10.2.